The van der Waals surface area contributed by atoms with Crippen LogP contribution in [0.5, 0.6) is 0 Å². The summed E-state index contributed by atoms with van der Waals surface area (Å²) in [5, 5.41) is 3.05. The zero-order valence-corrected chi connectivity index (χ0v) is 17.7. The van der Waals surface area contributed by atoms with Crippen LogP contribution in [0.2, 0.25) is 5.02 Å². The molecule has 0 aliphatic carbocycles. The van der Waals surface area contributed by atoms with Gasteiger partial charge in [-0.3, -0.25) is 4.79 Å². The van der Waals surface area contributed by atoms with Crippen LogP contribution >= 0.6 is 11.6 Å². The van der Waals surface area contributed by atoms with Crippen molar-refractivity contribution < 1.29 is 13.2 Å². The van der Waals surface area contributed by atoms with E-state index in [0.717, 1.165) is 30.5 Å². The Morgan fingerprint density at radius 2 is 1.86 bits per heavy atom. The maximum absolute atomic E-state index is 12.9. The summed E-state index contributed by atoms with van der Waals surface area (Å²) in [4.78, 5) is 12.8. The van der Waals surface area contributed by atoms with Gasteiger partial charge in [-0.1, -0.05) is 43.6 Å². The number of halogens is 1. The van der Waals surface area contributed by atoms with Gasteiger partial charge in [0.05, 0.1) is 5.02 Å². The highest BCUT2D eigenvalue weighted by Gasteiger charge is 2.29. The molecule has 0 unspecified atom stereocenters. The summed E-state index contributed by atoms with van der Waals surface area (Å²) in [7, 11) is -3.70. The van der Waals surface area contributed by atoms with E-state index in [4.69, 9.17) is 11.6 Å². The first-order valence-electron chi connectivity index (χ1n) is 9.54. The normalized spacial score (nSPS) is 16.1. The molecular weight excluding hydrogens is 396 g/mol. The van der Waals surface area contributed by atoms with Crippen molar-refractivity contribution in [2.24, 2.45) is 0 Å². The van der Waals surface area contributed by atoms with Gasteiger partial charge in [0.1, 0.15) is 4.90 Å². The van der Waals surface area contributed by atoms with Crippen LogP contribution in [-0.4, -0.2) is 31.7 Å². The summed E-state index contributed by atoms with van der Waals surface area (Å²) in [6.45, 7) is 5.17. The average Bonchev–Trinajstić information content (AvgIpc) is 3.23. The highest BCUT2D eigenvalue weighted by Crippen LogP contribution is 2.30. The second-order valence-electron chi connectivity index (χ2n) is 7.11. The lowest BCUT2D eigenvalue weighted by molar-refractivity contribution is 0.102. The highest BCUT2D eigenvalue weighted by molar-refractivity contribution is 7.89. The van der Waals surface area contributed by atoms with Gasteiger partial charge >= 0.3 is 0 Å². The lowest BCUT2D eigenvalue weighted by Crippen LogP contribution is -2.28. The van der Waals surface area contributed by atoms with Crippen LogP contribution in [0.4, 0.5) is 5.69 Å². The first kappa shape index (κ1) is 20.8. The third-order valence-electron chi connectivity index (χ3n) is 5.23. The van der Waals surface area contributed by atoms with E-state index in [0.29, 0.717) is 19.0 Å². The molecule has 1 atom stereocenters. The first-order valence-corrected chi connectivity index (χ1v) is 11.4. The molecule has 3 rings (SSSR count). The van der Waals surface area contributed by atoms with Gasteiger partial charge in [0, 0.05) is 24.3 Å². The summed E-state index contributed by atoms with van der Waals surface area (Å²) in [6.07, 6.45) is 2.62. The first-order chi connectivity index (χ1) is 13.3. The lowest BCUT2D eigenvalue weighted by Gasteiger charge is -2.18. The van der Waals surface area contributed by atoms with Crippen molar-refractivity contribution in [2.75, 3.05) is 18.4 Å². The average molecular weight is 421 g/mol. The fourth-order valence-corrected chi connectivity index (χ4v) is 5.38. The van der Waals surface area contributed by atoms with Gasteiger partial charge in [-0.2, -0.15) is 4.31 Å². The molecule has 0 bridgehead atoms. The molecule has 1 fully saturated rings. The predicted molar refractivity (Wildman–Crippen MR) is 113 cm³/mol. The van der Waals surface area contributed by atoms with Crippen LogP contribution in [0.25, 0.3) is 0 Å². The Kier molecular flexibility index (Phi) is 6.43. The number of rotatable bonds is 6. The molecule has 28 heavy (non-hydrogen) atoms. The van der Waals surface area contributed by atoms with Gasteiger partial charge in [-0.15, -0.1) is 0 Å². The second kappa shape index (κ2) is 8.64. The smallest absolute Gasteiger partial charge is 0.255 e. The summed E-state index contributed by atoms with van der Waals surface area (Å²) in [5.74, 6) is -0.0573. The SMILES string of the molecule is CC[C@@H](C)c1ccccc1NC(=O)c1ccc(Cl)c(S(=O)(=O)N2CCCC2)c1. The number of para-hydroxylation sites is 1. The van der Waals surface area contributed by atoms with Crippen molar-refractivity contribution in [3.63, 3.8) is 0 Å². The van der Waals surface area contributed by atoms with E-state index in [1.807, 2.05) is 24.3 Å². The number of carbonyl (C=O) groups is 1. The minimum absolute atomic E-state index is 0.0149. The fourth-order valence-electron chi connectivity index (χ4n) is 3.36. The number of amides is 1. The molecule has 2 aromatic rings. The third kappa shape index (κ3) is 4.24. The Hall–Kier alpha value is -1.89. The van der Waals surface area contributed by atoms with Gasteiger partial charge in [0.2, 0.25) is 10.0 Å². The Bertz CT molecular complexity index is 969. The second-order valence-corrected chi connectivity index (χ2v) is 9.42. The predicted octanol–water partition coefficient (Wildman–Crippen LogP) is 4.89. The van der Waals surface area contributed by atoms with Crippen LogP contribution in [0.15, 0.2) is 47.4 Å². The molecule has 0 radical (unpaired) electrons. The van der Waals surface area contributed by atoms with Crippen LogP contribution in [0, 0.1) is 0 Å². The largest absolute Gasteiger partial charge is 0.322 e. The molecule has 1 heterocycles. The van der Waals surface area contributed by atoms with Gasteiger partial charge in [-0.05, 0) is 55.0 Å². The van der Waals surface area contributed by atoms with Crippen molar-refractivity contribution in [1.29, 1.82) is 0 Å². The van der Waals surface area contributed by atoms with E-state index in [1.54, 1.807) is 6.07 Å². The molecule has 0 spiro atoms. The molecule has 1 aliphatic heterocycles. The summed E-state index contributed by atoms with van der Waals surface area (Å²) in [5.41, 5.74) is 2.05. The zero-order valence-electron chi connectivity index (χ0n) is 16.1. The quantitative estimate of drug-likeness (QED) is 0.723. The lowest BCUT2D eigenvalue weighted by atomic mass is 9.97. The molecule has 7 heteroatoms. The van der Waals surface area contributed by atoms with Crippen LogP contribution in [0.1, 0.15) is 54.9 Å². The van der Waals surface area contributed by atoms with Crippen molar-refractivity contribution >= 4 is 33.2 Å². The van der Waals surface area contributed by atoms with Crippen LogP contribution in [0.3, 0.4) is 0 Å². The Morgan fingerprint density at radius 3 is 2.54 bits per heavy atom. The van der Waals surface area contributed by atoms with Gasteiger partial charge < -0.3 is 5.32 Å². The molecule has 0 saturated carbocycles. The standard InChI is InChI=1S/C21H25ClN2O3S/c1-3-15(2)17-8-4-5-9-19(17)23-21(25)16-10-11-18(22)20(14-16)28(26,27)24-12-6-7-13-24/h4-5,8-11,14-15H,3,6-7,12-13H2,1-2H3,(H,23,25)/t15-/m1/s1. The van der Waals surface area contributed by atoms with E-state index >= 15 is 0 Å². The van der Waals surface area contributed by atoms with Gasteiger partial charge in [0.15, 0.2) is 0 Å². The molecule has 1 saturated heterocycles. The summed E-state index contributed by atoms with van der Waals surface area (Å²) >= 11 is 6.17. The molecule has 1 N–H and O–H groups in total. The number of sulfonamides is 1. The molecule has 1 amide bonds. The van der Waals surface area contributed by atoms with Gasteiger partial charge in [0.25, 0.3) is 5.91 Å². The maximum atomic E-state index is 12.9. The Labute approximate surface area is 171 Å². The number of anilines is 1. The molecule has 5 nitrogen and oxygen atoms in total. The molecular formula is C21H25ClN2O3S. The Morgan fingerprint density at radius 1 is 1.18 bits per heavy atom. The van der Waals surface area contributed by atoms with Crippen molar-refractivity contribution in [1.82, 2.24) is 4.31 Å². The Balaban J connectivity index is 1.90. The number of carbonyl (C=O) groups excluding carboxylic acids is 1. The molecule has 150 valence electrons. The van der Waals surface area contributed by atoms with Crippen LogP contribution in [-0.2, 0) is 10.0 Å². The van der Waals surface area contributed by atoms with E-state index in [9.17, 15) is 13.2 Å². The summed E-state index contributed by atoms with van der Waals surface area (Å²) < 4.78 is 27.2. The monoisotopic (exact) mass is 420 g/mol. The van der Waals surface area contributed by atoms with Crippen LogP contribution < -0.4 is 5.32 Å². The minimum atomic E-state index is -3.70. The van der Waals surface area contributed by atoms with E-state index in [1.165, 1.54) is 16.4 Å². The molecule has 0 aromatic heterocycles. The maximum Gasteiger partial charge on any atom is 0.255 e. The summed E-state index contributed by atoms with van der Waals surface area (Å²) in [6, 6.07) is 12.1. The minimum Gasteiger partial charge on any atom is -0.322 e. The topological polar surface area (TPSA) is 66.5 Å². The van der Waals surface area contributed by atoms with E-state index < -0.39 is 10.0 Å². The van der Waals surface area contributed by atoms with Crippen molar-refractivity contribution in [3.05, 3.63) is 58.6 Å². The zero-order chi connectivity index (χ0) is 20.3. The van der Waals surface area contributed by atoms with E-state index in [-0.39, 0.29) is 21.4 Å². The van der Waals surface area contributed by atoms with Crippen molar-refractivity contribution in [3.8, 4) is 0 Å². The van der Waals surface area contributed by atoms with Crippen molar-refractivity contribution in [2.45, 2.75) is 43.9 Å². The number of benzene rings is 2. The fraction of sp³-hybridized carbons (Fsp3) is 0.381. The number of hydrogen-bond acceptors (Lipinski definition) is 3. The number of nitrogens with one attached hydrogen (secondary N) is 1. The van der Waals surface area contributed by atoms with Gasteiger partial charge in [-0.25, -0.2) is 8.42 Å². The molecule has 1 aliphatic rings. The van der Waals surface area contributed by atoms with E-state index in [2.05, 4.69) is 19.2 Å². The number of nitrogens with zero attached hydrogens (tertiary/aromatic N) is 1. The highest BCUT2D eigenvalue weighted by atomic mass is 35.5. The number of hydrogen-bond donors (Lipinski definition) is 1. The molecule has 2 aromatic carbocycles. The third-order valence-corrected chi connectivity index (χ3v) is 7.61.